The third kappa shape index (κ3) is 4.16. The van der Waals surface area contributed by atoms with Crippen LogP contribution < -0.4 is 0 Å². The molecule has 0 aromatic heterocycles. The maximum absolute atomic E-state index is 3.83. The Morgan fingerprint density at radius 2 is 2.00 bits per heavy atom. The summed E-state index contributed by atoms with van der Waals surface area (Å²) in [4.78, 5) is 2.19. The molecule has 1 aromatic carbocycles. The van der Waals surface area contributed by atoms with Crippen LogP contribution in [-0.2, 0) is 12.3 Å². The standard InChI is InChI=1S/C12H18NS/c1-4-14-10-12-7-5-6-11(8-12)9-13(2)3/h5-8H,1,4,9-10H2,2-3H3. The molecular weight excluding hydrogens is 190 g/mol. The minimum absolute atomic E-state index is 0.942. The molecule has 0 unspecified atom stereocenters. The Hall–Kier alpha value is -0.470. The zero-order valence-electron chi connectivity index (χ0n) is 8.99. The topological polar surface area (TPSA) is 3.24 Å². The van der Waals surface area contributed by atoms with Crippen molar-refractivity contribution in [2.45, 2.75) is 12.3 Å². The van der Waals surface area contributed by atoms with Gasteiger partial charge in [0.15, 0.2) is 0 Å². The maximum atomic E-state index is 3.83. The van der Waals surface area contributed by atoms with Crippen molar-refractivity contribution in [2.24, 2.45) is 0 Å². The molecule has 0 aliphatic rings. The predicted molar refractivity (Wildman–Crippen MR) is 65.4 cm³/mol. The molecule has 0 bridgehead atoms. The zero-order valence-corrected chi connectivity index (χ0v) is 9.81. The van der Waals surface area contributed by atoms with Gasteiger partial charge in [0.25, 0.3) is 0 Å². The fourth-order valence-electron chi connectivity index (χ4n) is 1.37. The van der Waals surface area contributed by atoms with Crippen LogP contribution in [0.3, 0.4) is 0 Å². The van der Waals surface area contributed by atoms with E-state index in [-0.39, 0.29) is 0 Å². The number of rotatable bonds is 5. The van der Waals surface area contributed by atoms with Crippen LogP contribution in [0.5, 0.6) is 0 Å². The summed E-state index contributed by atoms with van der Waals surface area (Å²) in [5.41, 5.74) is 2.79. The first kappa shape index (κ1) is 11.6. The summed E-state index contributed by atoms with van der Waals surface area (Å²) in [5, 5.41) is 0. The molecule has 14 heavy (non-hydrogen) atoms. The van der Waals surface area contributed by atoms with Crippen molar-refractivity contribution in [2.75, 3.05) is 19.8 Å². The van der Waals surface area contributed by atoms with Crippen molar-refractivity contribution >= 4 is 11.8 Å². The molecular formula is C12H18NS. The van der Waals surface area contributed by atoms with E-state index < -0.39 is 0 Å². The molecule has 77 valence electrons. The van der Waals surface area contributed by atoms with Crippen molar-refractivity contribution in [3.8, 4) is 0 Å². The van der Waals surface area contributed by atoms with Crippen LogP contribution in [0.1, 0.15) is 11.1 Å². The summed E-state index contributed by atoms with van der Waals surface area (Å²) in [5.74, 6) is 2.02. The van der Waals surface area contributed by atoms with E-state index in [1.165, 1.54) is 11.1 Å². The second-order valence-corrected chi connectivity index (χ2v) is 4.72. The lowest BCUT2D eigenvalue weighted by atomic mass is 10.1. The minimum atomic E-state index is 0.942. The van der Waals surface area contributed by atoms with E-state index in [1.54, 1.807) is 0 Å². The molecule has 2 heteroatoms. The Labute approximate surface area is 91.5 Å². The predicted octanol–water partition coefficient (Wildman–Crippen LogP) is 2.82. The largest absolute Gasteiger partial charge is 0.305 e. The first-order valence-corrected chi connectivity index (χ1v) is 5.97. The Balaban J connectivity index is 2.59. The van der Waals surface area contributed by atoms with Gasteiger partial charge >= 0.3 is 0 Å². The zero-order chi connectivity index (χ0) is 10.4. The summed E-state index contributed by atoms with van der Waals surface area (Å²) in [7, 11) is 4.19. The third-order valence-electron chi connectivity index (χ3n) is 1.90. The fraction of sp³-hybridized carbons (Fsp3) is 0.417. The lowest BCUT2D eigenvalue weighted by molar-refractivity contribution is 0.402. The van der Waals surface area contributed by atoms with Gasteiger partial charge in [0.05, 0.1) is 0 Å². The lowest BCUT2D eigenvalue weighted by Crippen LogP contribution is -2.10. The van der Waals surface area contributed by atoms with Crippen LogP contribution in [0.4, 0.5) is 0 Å². The fourth-order valence-corrected chi connectivity index (χ4v) is 1.93. The molecule has 0 aliphatic carbocycles. The molecule has 0 saturated carbocycles. The smallest absolute Gasteiger partial charge is 0.0227 e. The van der Waals surface area contributed by atoms with Gasteiger partial charge in [-0.25, -0.2) is 0 Å². The van der Waals surface area contributed by atoms with Gasteiger partial charge in [-0.3, -0.25) is 0 Å². The highest BCUT2D eigenvalue weighted by Crippen LogP contribution is 2.13. The van der Waals surface area contributed by atoms with Crippen molar-refractivity contribution in [1.82, 2.24) is 4.90 Å². The van der Waals surface area contributed by atoms with Gasteiger partial charge < -0.3 is 4.90 Å². The number of hydrogen-bond acceptors (Lipinski definition) is 2. The number of benzene rings is 1. The monoisotopic (exact) mass is 208 g/mol. The van der Waals surface area contributed by atoms with E-state index in [2.05, 4.69) is 50.2 Å². The summed E-state index contributed by atoms with van der Waals surface area (Å²) >= 11 is 1.86. The van der Waals surface area contributed by atoms with Crippen LogP contribution in [0.15, 0.2) is 24.3 Å². The third-order valence-corrected chi connectivity index (χ3v) is 2.73. The normalized spacial score (nSPS) is 10.9. The summed E-state index contributed by atoms with van der Waals surface area (Å²) in [6.45, 7) is 4.84. The van der Waals surface area contributed by atoms with E-state index in [1.807, 2.05) is 11.8 Å². The van der Waals surface area contributed by atoms with Crippen molar-refractivity contribution < 1.29 is 0 Å². The molecule has 0 N–H and O–H groups in total. The number of nitrogens with zero attached hydrogens (tertiary/aromatic N) is 1. The average molecular weight is 208 g/mol. The highest BCUT2D eigenvalue weighted by Gasteiger charge is 1.97. The second-order valence-electron chi connectivity index (χ2n) is 3.61. The molecule has 1 nitrogen and oxygen atoms in total. The number of hydrogen-bond donors (Lipinski definition) is 0. The first-order valence-electron chi connectivity index (χ1n) is 4.82. The minimum Gasteiger partial charge on any atom is -0.305 e. The lowest BCUT2D eigenvalue weighted by Gasteiger charge is -2.10. The molecule has 1 aromatic rings. The van der Waals surface area contributed by atoms with Gasteiger partial charge in [-0.2, -0.15) is 11.8 Å². The summed E-state index contributed by atoms with van der Waals surface area (Å²) in [6, 6.07) is 8.78. The summed E-state index contributed by atoms with van der Waals surface area (Å²) < 4.78 is 0. The second kappa shape index (κ2) is 6.10. The quantitative estimate of drug-likeness (QED) is 0.732. The first-order chi connectivity index (χ1) is 6.72. The van der Waals surface area contributed by atoms with Crippen LogP contribution in [0, 0.1) is 6.92 Å². The molecule has 0 amide bonds. The van der Waals surface area contributed by atoms with Crippen LogP contribution >= 0.6 is 11.8 Å². The van der Waals surface area contributed by atoms with E-state index >= 15 is 0 Å². The van der Waals surface area contributed by atoms with Gasteiger partial charge in [0, 0.05) is 12.3 Å². The molecule has 0 fully saturated rings. The molecule has 0 heterocycles. The van der Waals surface area contributed by atoms with Gasteiger partial charge in [0.2, 0.25) is 0 Å². The van der Waals surface area contributed by atoms with Gasteiger partial charge in [-0.15, -0.1) is 0 Å². The van der Waals surface area contributed by atoms with E-state index in [0.29, 0.717) is 0 Å². The van der Waals surface area contributed by atoms with Crippen molar-refractivity contribution in [3.05, 3.63) is 42.3 Å². The average Bonchev–Trinajstić information content (AvgIpc) is 2.14. The van der Waals surface area contributed by atoms with Gasteiger partial charge in [-0.05, 0) is 37.9 Å². The molecule has 0 atom stereocenters. The van der Waals surface area contributed by atoms with Crippen molar-refractivity contribution in [3.63, 3.8) is 0 Å². The van der Waals surface area contributed by atoms with Gasteiger partial charge in [0.1, 0.15) is 0 Å². The SMILES string of the molecule is [CH2]CSCc1cccc(CN(C)C)c1. The van der Waals surface area contributed by atoms with Crippen LogP contribution in [-0.4, -0.2) is 24.7 Å². The van der Waals surface area contributed by atoms with Crippen molar-refractivity contribution in [1.29, 1.82) is 0 Å². The molecule has 0 aliphatic heterocycles. The summed E-state index contributed by atoms with van der Waals surface area (Å²) in [6.07, 6.45) is 0. The Bertz CT molecular complexity index is 271. The highest BCUT2D eigenvalue weighted by atomic mass is 32.2. The Morgan fingerprint density at radius 1 is 1.29 bits per heavy atom. The number of thioether (sulfide) groups is 1. The maximum Gasteiger partial charge on any atom is 0.0227 e. The molecule has 1 rings (SSSR count). The van der Waals surface area contributed by atoms with Gasteiger partial charge in [-0.1, -0.05) is 24.3 Å². The van der Waals surface area contributed by atoms with Crippen LogP contribution in [0.2, 0.25) is 0 Å². The van der Waals surface area contributed by atoms with E-state index in [4.69, 9.17) is 0 Å². The molecule has 0 saturated heterocycles. The Morgan fingerprint density at radius 3 is 2.64 bits per heavy atom. The molecule has 1 radical (unpaired) electrons. The molecule has 0 spiro atoms. The van der Waals surface area contributed by atoms with Crippen LogP contribution in [0.25, 0.3) is 0 Å². The highest BCUT2D eigenvalue weighted by molar-refractivity contribution is 7.98. The Kier molecular flexibility index (Phi) is 5.05. The van der Waals surface area contributed by atoms with E-state index in [0.717, 1.165) is 18.1 Å². The van der Waals surface area contributed by atoms with E-state index in [9.17, 15) is 0 Å².